The van der Waals surface area contributed by atoms with Crippen molar-refractivity contribution < 1.29 is 10.2 Å². The van der Waals surface area contributed by atoms with E-state index >= 15 is 0 Å². The molecular weight excluding hydrogens is 226 g/mol. The third-order valence-corrected chi connectivity index (χ3v) is 2.93. The molecular formula is C15H17NO2. The van der Waals surface area contributed by atoms with Crippen LogP contribution in [0.25, 0.3) is 0 Å². The SMILES string of the molecule is Cc1ccc(NC(C)c2c(O)cccc2O)cc1. The molecule has 94 valence electrons. The average molecular weight is 243 g/mol. The fourth-order valence-electron chi connectivity index (χ4n) is 1.96. The Morgan fingerprint density at radius 3 is 2.06 bits per heavy atom. The minimum Gasteiger partial charge on any atom is -0.507 e. The number of benzene rings is 2. The zero-order chi connectivity index (χ0) is 13.1. The molecule has 0 saturated heterocycles. The van der Waals surface area contributed by atoms with Crippen LogP contribution in [-0.4, -0.2) is 10.2 Å². The first-order valence-corrected chi connectivity index (χ1v) is 5.92. The summed E-state index contributed by atoms with van der Waals surface area (Å²) < 4.78 is 0. The maximum Gasteiger partial charge on any atom is 0.124 e. The van der Waals surface area contributed by atoms with Crippen LogP contribution in [0.2, 0.25) is 0 Å². The number of nitrogens with one attached hydrogen (secondary N) is 1. The summed E-state index contributed by atoms with van der Waals surface area (Å²) in [5.74, 6) is 0.198. The smallest absolute Gasteiger partial charge is 0.124 e. The van der Waals surface area contributed by atoms with Crippen LogP contribution in [-0.2, 0) is 0 Å². The van der Waals surface area contributed by atoms with E-state index in [0.29, 0.717) is 5.56 Å². The fraction of sp³-hybridized carbons (Fsp3) is 0.200. The van der Waals surface area contributed by atoms with Gasteiger partial charge in [-0.05, 0) is 38.1 Å². The molecule has 3 heteroatoms. The van der Waals surface area contributed by atoms with Gasteiger partial charge in [-0.1, -0.05) is 23.8 Å². The Morgan fingerprint density at radius 1 is 0.944 bits per heavy atom. The first-order valence-electron chi connectivity index (χ1n) is 5.92. The van der Waals surface area contributed by atoms with Gasteiger partial charge in [0, 0.05) is 5.69 Å². The Kier molecular flexibility index (Phi) is 3.42. The fourth-order valence-corrected chi connectivity index (χ4v) is 1.96. The Hall–Kier alpha value is -2.16. The van der Waals surface area contributed by atoms with Crippen LogP contribution < -0.4 is 5.32 Å². The summed E-state index contributed by atoms with van der Waals surface area (Å²) in [5.41, 5.74) is 2.66. The second-order valence-electron chi connectivity index (χ2n) is 4.44. The Bertz CT molecular complexity index is 514. The molecule has 0 spiro atoms. The highest BCUT2D eigenvalue weighted by Gasteiger charge is 2.14. The normalized spacial score (nSPS) is 12.1. The van der Waals surface area contributed by atoms with Crippen molar-refractivity contribution in [3.8, 4) is 11.5 Å². The molecule has 18 heavy (non-hydrogen) atoms. The minimum atomic E-state index is -0.172. The standard InChI is InChI=1S/C15H17NO2/c1-10-6-8-12(9-7-10)16-11(2)15-13(17)4-3-5-14(15)18/h3-9,11,16-18H,1-2H3. The molecule has 0 aromatic heterocycles. The molecule has 0 radical (unpaired) electrons. The highest BCUT2D eigenvalue weighted by Crippen LogP contribution is 2.33. The van der Waals surface area contributed by atoms with E-state index in [2.05, 4.69) is 5.32 Å². The summed E-state index contributed by atoms with van der Waals surface area (Å²) in [7, 11) is 0. The maximum atomic E-state index is 9.78. The Balaban J connectivity index is 2.22. The first kappa shape index (κ1) is 12.3. The third-order valence-electron chi connectivity index (χ3n) is 2.93. The number of anilines is 1. The van der Waals surface area contributed by atoms with Crippen LogP contribution in [0.3, 0.4) is 0 Å². The summed E-state index contributed by atoms with van der Waals surface area (Å²) in [6.45, 7) is 3.93. The van der Waals surface area contributed by atoms with Gasteiger partial charge in [0.25, 0.3) is 0 Å². The molecule has 0 bridgehead atoms. The zero-order valence-electron chi connectivity index (χ0n) is 10.5. The van der Waals surface area contributed by atoms with Crippen molar-refractivity contribution in [3.05, 3.63) is 53.6 Å². The molecule has 0 amide bonds. The summed E-state index contributed by atoms with van der Waals surface area (Å²) >= 11 is 0. The monoisotopic (exact) mass is 243 g/mol. The first-order chi connectivity index (χ1) is 8.58. The van der Waals surface area contributed by atoms with E-state index in [1.165, 1.54) is 5.56 Å². The summed E-state index contributed by atoms with van der Waals surface area (Å²) in [5, 5.41) is 22.8. The molecule has 0 saturated carbocycles. The lowest BCUT2D eigenvalue weighted by Crippen LogP contribution is -2.07. The van der Waals surface area contributed by atoms with Gasteiger partial charge in [-0.2, -0.15) is 0 Å². The second kappa shape index (κ2) is 5.00. The molecule has 0 aliphatic rings. The summed E-state index contributed by atoms with van der Waals surface area (Å²) in [6.07, 6.45) is 0. The predicted octanol–water partition coefficient (Wildman–Crippen LogP) is 3.58. The van der Waals surface area contributed by atoms with E-state index < -0.39 is 0 Å². The number of rotatable bonds is 3. The number of aryl methyl sites for hydroxylation is 1. The van der Waals surface area contributed by atoms with E-state index in [-0.39, 0.29) is 17.5 Å². The molecule has 1 atom stereocenters. The number of hydrogen-bond acceptors (Lipinski definition) is 3. The van der Waals surface area contributed by atoms with E-state index in [1.54, 1.807) is 18.2 Å². The van der Waals surface area contributed by atoms with E-state index in [9.17, 15) is 10.2 Å². The molecule has 0 aliphatic carbocycles. The van der Waals surface area contributed by atoms with Crippen LogP contribution in [0.15, 0.2) is 42.5 Å². The molecule has 2 rings (SSSR count). The molecule has 1 unspecified atom stereocenters. The lowest BCUT2D eigenvalue weighted by Gasteiger charge is -2.18. The van der Waals surface area contributed by atoms with Gasteiger partial charge in [-0.25, -0.2) is 0 Å². The van der Waals surface area contributed by atoms with E-state index in [4.69, 9.17) is 0 Å². The van der Waals surface area contributed by atoms with Gasteiger partial charge in [0.1, 0.15) is 11.5 Å². The van der Waals surface area contributed by atoms with Gasteiger partial charge in [0.2, 0.25) is 0 Å². The van der Waals surface area contributed by atoms with Crippen LogP contribution in [0.4, 0.5) is 5.69 Å². The Labute approximate surface area is 107 Å². The van der Waals surface area contributed by atoms with Gasteiger partial charge in [-0.3, -0.25) is 0 Å². The second-order valence-corrected chi connectivity index (χ2v) is 4.44. The van der Waals surface area contributed by atoms with Crippen molar-refractivity contribution in [2.45, 2.75) is 19.9 Å². The molecule has 3 N–H and O–H groups in total. The molecule has 0 aliphatic heterocycles. The van der Waals surface area contributed by atoms with Gasteiger partial charge in [0.05, 0.1) is 11.6 Å². The van der Waals surface area contributed by atoms with Crippen molar-refractivity contribution in [2.75, 3.05) is 5.32 Å². The predicted molar refractivity (Wildman–Crippen MR) is 73.0 cm³/mol. The van der Waals surface area contributed by atoms with Crippen molar-refractivity contribution >= 4 is 5.69 Å². The molecule has 0 heterocycles. The van der Waals surface area contributed by atoms with E-state index in [0.717, 1.165) is 5.69 Å². The van der Waals surface area contributed by atoms with Gasteiger partial charge < -0.3 is 15.5 Å². The van der Waals surface area contributed by atoms with Crippen LogP contribution in [0.1, 0.15) is 24.1 Å². The number of phenolic OH excluding ortho intramolecular Hbond substituents is 2. The van der Waals surface area contributed by atoms with Crippen molar-refractivity contribution in [3.63, 3.8) is 0 Å². The highest BCUT2D eigenvalue weighted by atomic mass is 16.3. The number of aromatic hydroxyl groups is 2. The van der Waals surface area contributed by atoms with Crippen LogP contribution in [0.5, 0.6) is 11.5 Å². The van der Waals surface area contributed by atoms with Crippen LogP contribution >= 0.6 is 0 Å². The summed E-state index contributed by atoms with van der Waals surface area (Å²) in [6, 6.07) is 12.6. The largest absolute Gasteiger partial charge is 0.507 e. The van der Waals surface area contributed by atoms with Gasteiger partial charge in [0.15, 0.2) is 0 Å². The van der Waals surface area contributed by atoms with E-state index in [1.807, 2.05) is 38.1 Å². The lowest BCUT2D eigenvalue weighted by atomic mass is 10.1. The average Bonchev–Trinajstić information content (AvgIpc) is 2.32. The molecule has 2 aromatic carbocycles. The quantitative estimate of drug-likeness (QED) is 0.772. The maximum absolute atomic E-state index is 9.78. The van der Waals surface area contributed by atoms with Crippen molar-refractivity contribution in [2.24, 2.45) is 0 Å². The Morgan fingerprint density at radius 2 is 1.50 bits per heavy atom. The van der Waals surface area contributed by atoms with Gasteiger partial charge in [-0.15, -0.1) is 0 Å². The highest BCUT2D eigenvalue weighted by molar-refractivity contribution is 5.51. The van der Waals surface area contributed by atoms with Crippen molar-refractivity contribution in [1.82, 2.24) is 0 Å². The molecule has 0 fully saturated rings. The summed E-state index contributed by atoms with van der Waals surface area (Å²) in [4.78, 5) is 0. The molecule has 2 aromatic rings. The topological polar surface area (TPSA) is 52.5 Å². The number of phenols is 2. The zero-order valence-corrected chi connectivity index (χ0v) is 10.5. The third kappa shape index (κ3) is 2.56. The van der Waals surface area contributed by atoms with Crippen molar-refractivity contribution in [1.29, 1.82) is 0 Å². The molecule has 3 nitrogen and oxygen atoms in total. The van der Waals surface area contributed by atoms with Crippen LogP contribution in [0, 0.1) is 6.92 Å². The lowest BCUT2D eigenvalue weighted by molar-refractivity contribution is 0.434. The van der Waals surface area contributed by atoms with Gasteiger partial charge >= 0.3 is 0 Å². The minimum absolute atomic E-state index is 0.0992. The number of hydrogen-bond donors (Lipinski definition) is 3.